The number of carbonyl (C=O) groups is 2. The minimum Gasteiger partial charge on any atom is -0.494 e. The zero-order valence-electron chi connectivity index (χ0n) is 13.8. The van der Waals surface area contributed by atoms with Crippen molar-refractivity contribution in [1.82, 2.24) is 4.90 Å². The fraction of sp³-hybridized carbons (Fsp3) is 0.529. The molecule has 1 aliphatic rings. The van der Waals surface area contributed by atoms with Crippen molar-refractivity contribution in [3.05, 3.63) is 29.8 Å². The molecule has 0 aliphatic carbocycles. The number of alkyl halides is 3. The molecule has 138 valence electrons. The van der Waals surface area contributed by atoms with Crippen LogP contribution in [0.4, 0.5) is 13.2 Å². The molecule has 1 aromatic carbocycles. The van der Waals surface area contributed by atoms with E-state index in [0.29, 0.717) is 12.2 Å². The van der Waals surface area contributed by atoms with Crippen LogP contribution in [0.15, 0.2) is 24.3 Å². The summed E-state index contributed by atoms with van der Waals surface area (Å²) in [5.41, 5.74) is -1.83. The lowest BCUT2D eigenvalue weighted by Crippen LogP contribution is -2.47. The van der Waals surface area contributed by atoms with E-state index in [-0.39, 0.29) is 19.6 Å². The number of hydrogen-bond acceptors (Lipinski definition) is 3. The molecular formula is C17H20F3NO4. The third-order valence-corrected chi connectivity index (χ3v) is 4.37. The van der Waals surface area contributed by atoms with E-state index >= 15 is 0 Å². The van der Waals surface area contributed by atoms with Crippen LogP contribution in [-0.4, -0.2) is 47.8 Å². The van der Waals surface area contributed by atoms with Crippen molar-refractivity contribution in [1.29, 1.82) is 0 Å². The Balaban J connectivity index is 1.83. The quantitative estimate of drug-likeness (QED) is 0.793. The lowest BCUT2D eigenvalue weighted by atomic mass is 9.86. The van der Waals surface area contributed by atoms with E-state index in [2.05, 4.69) is 0 Å². The maximum Gasteiger partial charge on any atom is 0.406 e. The third kappa shape index (κ3) is 4.24. The maximum absolute atomic E-state index is 13.1. The van der Waals surface area contributed by atoms with Gasteiger partial charge in [0.15, 0.2) is 5.41 Å². The molecule has 1 N–H and O–H groups in total. The number of halogens is 3. The standard InChI is InChI=1S/C17H20F3NO4/c1-12-4-2-5-13(10-12)25-9-3-6-14(22)21-8-7-16(11-21,15(23)24)17(18,19)20/h2,4-5,10H,3,6-9,11H2,1H3,(H,23,24). The van der Waals surface area contributed by atoms with Gasteiger partial charge in [-0.1, -0.05) is 12.1 Å². The number of benzene rings is 1. The summed E-state index contributed by atoms with van der Waals surface area (Å²) in [6, 6.07) is 7.37. The van der Waals surface area contributed by atoms with Gasteiger partial charge in [0.25, 0.3) is 0 Å². The summed E-state index contributed by atoms with van der Waals surface area (Å²) < 4.78 is 44.8. The van der Waals surface area contributed by atoms with E-state index in [9.17, 15) is 22.8 Å². The first-order valence-electron chi connectivity index (χ1n) is 7.93. The van der Waals surface area contributed by atoms with Crippen LogP contribution in [0.25, 0.3) is 0 Å². The van der Waals surface area contributed by atoms with Crippen LogP contribution in [-0.2, 0) is 9.59 Å². The number of hydrogen-bond donors (Lipinski definition) is 1. The highest BCUT2D eigenvalue weighted by Crippen LogP contribution is 2.45. The molecule has 0 saturated carbocycles. The number of amides is 1. The van der Waals surface area contributed by atoms with E-state index in [0.717, 1.165) is 10.5 Å². The fourth-order valence-corrected chi connectivity index (χ4v) is 2.83. The fourth-order valence-electron chi connectivity index (χ4n) is 2.83. The largest absolute Gasteiger partial charge is 0.494 e. The summed E-state index contributed by atoms with van der Waals surface area (Å²) in [6.07, 6.45) is -5.14. The summed E-state index contributed by atoms with van der Waals surface area (Å²) in [4.78, 5) is 24.1. The van der Waals surface area contributed by atoms with Crippen molar-refractivity contribution in [2.45, 2.75) is 32.4 Å². The molecule has 0 bridgehead atoms. The minimum atomic E-state index is -4.89. The molecule has 8 heteroatoms. The number of carboxylic acids is 1. The molecule has 0 spiro atoms. The predicted octanol–water partition coefficient (Wildman–Crippen LogP) is 3.02. The number of aryl methyl sites for hydroxylation is 1. The Morgan fingerprint density at radius 3 is 2.64 bits per heavy atom. The van der Waals surface area contributed by atoms with Gasteiger partial charge in [0.2, 0.25) is 5.91 Å². The van der Waals surface area contributed by atoms with Crippen LogP contribution in [0.3, 0.4) is 0 Å². The number of carbonyl (C=O) groups excluding carboxylic acids is 1. The molecule has 1 atom stereocenters. The lowest BCUT2D eigenvalue weighted by Gasteiger charge is -2.27. The molecule has 1 aliphatic heterocycles. The second-order valence-electron chi connectivity index (χ2n) is 6.22. The van der Waals surface area contributed by atoms with Crippen molar-refractivity contribution in [3.63, 3.8) is 0 Å². The Bertz CT molecular complexity index is 647. The van der Waals surface area contributed by atoms with Crippen molar-refractivity contribution in [2.24, 2.45) is 5.41 Å². The monoisotopic (exact) mass is 359 g/mol. The average Bonchev–Trinajstić information content (AvgIpc) is 2.98. The molecular weight excluding hydrogens is 339 g/mol. The Morgan fingerprint density at radius 1 is 1.36 bits per heavy atom. The van der Waals surface area contributed by atoms with Crippen LogP contribution in [0.5, 0.6) is 5.75 Å². The zero-order chi connectivity index (χ0) is 18.7. The van der Waals surface area contributed by atoms with E-state index < -0.39 is 36.4 Å². The summed E-state index contributed by atoms with van der Waals surface area (Å²) in [5, 5.41) is 8.98. The SMILES string of the molecule is Cc1cccc(OCCCC(=O)N2CCC(C(=O)O)(C(F)(F)F)C2)c1. The smallest absolute Gasteiger partial charge is 0.406 e. The molecule has 1 heterocycles. The Labute approximate surface area is 143 Å². The second-order valence-corrected chi connectivity index (χ2v) is 6.22. The van der Waals surface area contributed by atoms with Gasteiger partial charge in [0, 0.05) is 19.5 Å². The second kappa shape index (κ2) is 7.33. The normalized spacial score (nSPS) is 20.6. The number of carboxylic acid groups (broad SMARTS) is 1. The Morgan fingerprint density at radius 2 is 2.08 bits per heavy atom. The summed E-state index contributed by atoms with van der Waals surface area (Å²) >= 11 is 0. The van der Waals surface area contributed by atoms with Crippen LogP contribution in [0.2, 0.25) is 0 Å². The number of aliphatic carboxylic acids is 1. The first-order valence-corrected chi connectivity index (χ1v) is 7.93. The highest BCUT2D eigenvalue weighted by atomic mass is 19.4. The first kappa shape index (κ1) is 19.1. The van der Waals surface area contributed by atoms with E-state index in [4.69, 9.17) is 9.84 Å². The Kier molecular flexibility index (Phi) is 5.59. The number of ether oxygens (including phenoxy) is 1. The van der Waals surface area contributed by atoms with Gasteiger partial charge >= 0.3 is 12.1 Å². The first-order chi connectivity index (χ1) is 11.7. The third-order valence-electron chi connectivity index (χ3n) is 4.37. The molecule has 0 radical (unpaired) electrons. The van der Waals surface area contributed by atoms with Crippen molar-refractivity contribution in [2.75, 3.05) is 19.7 Å². The van der Waals surface area contributed by atoms with Gasteiger partial charge in [-0.2, -0.15) is 13.2 Å². The highest BCUT2D eigenvalue weighted by molar-refractivity contribution is 5.81. The van der Waals surface area contributed by atoms with Crippen LogP contribution < -0.4 is 4.74 Å². The van der Waals surface area contributed by atoms with Crippen LogP contribution in [0, 0.1) is 12.3 Å². The maximum atomic E-state index is 13.1. The van der Waals surface area contributed by atoms with E-state index in [1.54, 1.807) is 6.07 Å². The highest BCUT2D eigenvalue weighted by Gasteiger charge is 2.64. The molecule has 1 fully saturated rings. The van der Waals surface area contributed by atoms with Gasteiger partial charge in [-0.3, -0.25) is 9.59 Å². The number of rotatable bonds is 6. The van der Waals surface area contributed by atoms with Crippen molar-refractivity contribution < 1.29 is 32.6 Å². The predicted molar refractivity (Wildman–Crippen MR) is 83.2 cm³/mol. The van der Waals surface area contributed by atoms with Crippen LogP contribution >= 0.6 is 0 Å². The Hall–Kier alpha value is -2.25. The number of nitrogens with zero attached hydrogens (tertiary/aromatic N) is 1. The summed E-state index contributed by atoms with van der Waals surface area (Å²) in [7, 11) is 0. The molecule has 1 aromatic rings. The molecule has 5 nitrogen and oxygen atoms in total. The summed E-state index contributed by atoms with van der Waals surface area (Å²) in [5.74, 6) is -1.76. The van der Waals surface area contributed by atoms with Crippen LogP contribution in [0.1, 0.15) is 24.8 Å². The molecule has 0 aromatic heterocycles. The van der Waals surface area contributed by atoms with Crippen molar-refractivity contribution in [3.8, 4) is 5.75 Å². The minimum absolute atomic E-state index is 0.0133. The molecule has 2 rings (SSSR count). The lowest BCUT2D eigenvalue weighted by molar-refractivity contribution is -0.227. The van der Waals surface area contributed by atoms with Gasteiger partial charge in [0.1, 0.15) is 5.75 Å². The average molecular weight is 359 g/mol. The van der Waals surface area contributed by atoms with E-state index in [1.807, 2.05) is 25.1 Å². The molecule has 1 amide bonds. The van der Waals surface area contributed by atoms with Gasteiger partial charge in [-0.15, -0.1) is 0 Å². The topological polar surface area (TPSA) is 66.8 Å². The van der Waals surface area contributed by atoms with Crippen molar-refractivity contribution >= 4 is 11.9 Å². The van der Waals surface area contributed by atoms with Gasteiger partial charge in [0.05, 0.1) is 6.61 Å². The molecule has 25 heavy (non-hydrogen) atoms. The zero-order valence-corrected chi connectivity index (χ0v) is 13.8. The van der Waals surface area contributed by atoms with Gasteiger partial charge in [-0.05, 0) is 37.5 Å². The van der Waals surface area contributed by atoms with Gasteiger partial charge < -0.3 is 14.7 Å². The molecule has 1 unspecified atom stereocenters. The van der Waals surface area contributed by atoms with Gasteiger partial charge in [-0.25, -0.2) is 0 Å². The molecule has 1 saturated heterocycles. The number of likely N-dealkylation sites (tertiary alicyclic amines) is 1. The van der Waals surface area contributed by atoms with E-state index in [1.165, 1.54) is 0 Å². The summed E-state index contributed by atoms with van der Waals surface area (Å²) in [6.45, 7) is 1.14.